The van der Waals surface area contributed by atoms with E-state index in [9.17, 15) is 29.1 Å². The fourth-order valence-corrected chi connectivity index (χ4v) is 4.08. The van der Waals surface area contributed by atoms with Gasteiger partial charge in [-0.1, -0.05) is 30.3 Å². The Morgan fingerprint density at radius 2 is 1.62 bits per heavy atom. The lowest BCUT2D eigenvalue weighted by molar-refractivity contribution is -0.142. The van der Waals surface area contributed by atoms with Gasteiger partial charge in [-0.3, -0.25) is 24.2 Å². The molecule has 4 unspecified atom stereocenters. The molecule has 2 rings (SSSR count). The quantitative estimate of drug-likeness (QED) is 0.0672. The molecule has 1 aliphatic heterocycles. The van der Waals surface area contributed by atoms with E-state index in [0.717, 1.165) is 6.42 Å². The summed E-state index contributed by atoms with van der Waals surface area (Å²) in [6.07, 6.45) is 1.14. The Morgan fingerprint density at radius 3 is 2.21 bits per heavy atom. The molecule has 0 aliphatic carbocycles. The minimum atomic E-state index is -1.27. The molecule has 0 aromatic heterocycles. The molecular weight excluding hydrogens is 510 g/mol. The molecule has 14 nitrogen and oxygen atoms in total. The van der Waals surface area contributed by atoms with E-state index in [1.807, 2.05) is 0 Å². The van der Waals surface area contributed by atoms with Gasteiger partial charge in [0, 0.05) is 19.4 Å². The Balaban J connectivity index is 2.17. The van der Waals surface area contributed by atoms with E-state index >= 15 is 0 Å². The van der Waals surface area contributed by atoms with Crippen LogP contribution in [0.25, 0.3) is 0 Å². The van der Waals surface area contributed by atoms with Crippen LogP contribution in [0.5, 0.6) is 0 Å². The summed E-state index contributed by atoms with van der Waals surface area (Å²) in [5, 5.41) is 29.4. The monoisotopic (exact) mass is 547 g/mol. The van der Waals surface area contributed by atoms with Gasteiger partial charge < -0.3 is 42.9 Å². The molecule has 1 fully saturated rings. The van der Waals surface area contributed by atoms with Gasteiger partial charge in [0.2, 0.25) is 17.7 Å². The topological polar surface area (TPSA) is 238 Å². The number of nitrogens with two attached hydrogens (primary N) is 2. The molecule has 0 bridgehead atoms. The second-order valence-electron chi connectivity index (χ2n) is 9.24. The molecule has 1 aliphatic rings. The maximum absolute atomic E-state index is 13.2. The third kappa shape index (κ3) is 11.4. The van der Waals surface area contributed by atoms with Crippen molar-refractivity contribution in [1.29, 1.82) is 0 Å². The number of nitrogens with one attached hydrogen (secondary N) is 4. The van der Waals surface area contributed by atoms with E-state index in [1.165, 1.54) is 0 Å². The van der Waals surface area contributed by atoms with Crippen molar-refractivity contribution in [2.75, 3.05) is 13.1 Å². The first-order valence-corrected chi connectivity index (χ1v) is 12.7. The number of benzene rings is 1. The summed E-state index contributed by atoms with van der Waals surface area (Å²) in [4.78, 5) is 65.8. The van der Waals surface area contributed by atoms with E-state index in [-0.39, 0.29) is 44.6 Å². The highest BCUT2D eigenvalue weighted by atomic mass is 16.4. The third-order valence-electron chi connectivity index (χ3n) is 6.13. The van der Waals surface area contributed by atoms with Crippen molar-refractivity contribution in [1.82, 2.24) is 21.3 Å². The zero-order valence-electron chi connectivity index (χ0n) is 21.6. The van der Waals surface area contributed by atoms with Crippen LogP contribution in [0, 0.1) is 0 Å². The number of amides is 3. The molecule has 39 heavy (non-hydrogen) atoms. The van der Waals surface area contributed by atoms with Crippen molar-refractivity contribution in [3.8, 4) is 0 Å². The first-order chi connectivity index (χ1) is 18.6. The molecule has 1 aromatic carbocycles. The predicted octanol–water partition coefficient (Wildman–Crippen LogP) is -1.56. The molecule has 1 heterocycles. The highest BCUT2D eigenvalue weighted by Crippen LogP contribution is 2.09. The highest BCUT2D eigenvalue weighted by Gasteiger charge is 2.31. The Bertz CT molecular complexity index is 1020. The average Bonchev–Trinajstić information content (AvgIpc) is 3.43. The molecule has 0 saturated carbocycles. The summed E-state index contributed by atoms with van der Waals surface area (Å²) < 4.78 is 0. The van der Waals surface area contributed by atoms with Crippen LogP contribution in [0.4, 0.5) is 0 Å². The summed E-state index contributed by atoms with van der Waals surface area (Å²) >= 11 is 0. The Hall–Kier alpha value is -4.20. The number of carboxylic acids is 2. The van der Waals surface area contributed by atoms with E-state index in [0.29, 0.717) is 18.5 Å². The second-order valence-corrected chi connectivity index (χ2v) is 9.24. The van der Waals surface area contributed by atoms with Crippen molar-refractivity contribution in [3.05, 3.63) is 35.9 Å². The van der Waals surface area contributed by atoms with Crippen molar-refractivity contribution >= 4 is 35.6 Å². The van der Waals surface area contributed by atoms with Crippen molar-refractivity contribution < 1.29 is 34.2 Å². The first-order valence-electron chi connectivity index (χ1n) is 12.7. The van der Waals surface area contributed by atoms with Crippen LogP contribution in [0.15, 0.2) is 35.3 Å². The number of carbonyl (C=O) groups excluding carboxylic acids is 3. The molecule has 10 N–H and O–H groups in total. The predicted molar refractivity (Wildman–Crippen MR) is 141 cm³/mol. The minimum absolute atomic E-state index is 0.0303. The lowest BCUT2D eigenvalue weighted by atomic mass is 10.0. The first kappa shape index (κ1) is 31.0. The van der Waals surface area contributed by atoms with Gasteiger partial charge in [0.15, 0.2) is 5.96 Å². The summed E-state index contributed by atoms with van der Waals surface area (Å²) in [5.41, 5.74) is 11.2. The van der Waals surface area contributed by atoms with Gasteiger partial charge >= 0.3 is 11.9 Å². The van der Waals surface area contributed by atoms with Gasteiger partial charge in [0.25, 0.3) is 0 Å². The minimum Gasteiger partial charge on any atom is -0.481 e. The van der Waals surface area contributed by atoms with Gasteiger partial charge in [-0.25, -0.2) is 4.79 Å². The van der Waals surface area contributed by atoms with Crippen LogP contribution in [0.1, 0.15) is 44.1 Å². The largest absolute Gasteiger partial charge is 0.481 e. The molecule has 14 heteroatoms. The Labute approximate surface area is 226 Å². The van der Waals surface area contributed by atoms with E-state index in [4.69, 9.17) is 16.6 Å². The van der Waals surface area contributed by atoms with Gasteiger partial charge in [0.05, 0.1) is 6.04 Å². The summed E-state index contributed by atoms with van der Waals surface area (Å²) in [6.45, 7) is 0.826. The standard InChI is InChI=1S/C25H37N7O7/c26-25(27)29-13-5-9-18(24(38)39)31-23(37)19(14-15-6-2-1-3-7-15)32-22(36)17(10-11-20(33)34)30-21(35)16-8-4-12-28-16/h1-3,6-7,16-19,28H,4-5,8-14H2,(H,30,35)(H,31,37)(H,32,36)(H,33,34)(H,38,39)(H4,26,27,29). The lowest BCUT2D eigenvalue weighted by Crippen LogP contribution is -2.57. The average molecular weight is 548 g/mol. The summed E-state index contributed by atoms with van der Waals surface area (Å²) in [5.74, 6) is -4.49. The van der Waals surface area contributed by atoms with Crippen LogP contribution >= 0.6 is 0 Å². The number of nitrogens with zero attached hydrogens (tertiary/aromatic N) is 1. The summed E-state index contributed by atoms with van der Waals surface area (Å²) in [7, 11) is 0. The summed E-state index contributed by atoms with van der Waals surface area (Å²) in [6, 6.07) is 4.59. The molecule has 4 atom stereocenters. The fourth-order valence-electron chi connectivity index (χ4n) is 4.08. The normalized spacial score (nSPS) is 16.8. The van der Waals surface area contributed by atoms with E-state index in [2.05, 4.69) is 26.3 Å². The van der Waals surface area contributed by atoms with Crippen LogP contribution < -0.4 is 32.7 Å². The Kier molecular flexibility index (Phi) is 12.7. The zero-order valence-corrected chi connectivity index (χ0v) is 21.6. The maximum atomic E-state index is 13.2. The lowest BCUT2D eigenvalue weighted by Gasteiger charge is -2.25. The number of hydrogen-bond donors (Lipinski definition) is 8. The third-order valence-corrected chi connectivity index (χ3v) is 6.13. The number of carbonyl (C=O) groups is 5. The van der Waals surface area contributed by atoms with Crippen LogP contribution in [0.3, 0.4) is 0 Å². The number of aliphatic carboxylic acids is 2. The molecule has 3 amide bonds. The second kappa shape index (κ2) is 15.9. The zero-order chi connectivity index (χ0) is 28.8. The van der Waals surface area contributed by atoms with Crippen LogP contribution in [-0.4, -0.2) is 83.1 Å². The molecule has 214 valence electrons. The number of aliphatic imine (C=N–C) groups is 1. The van der Waals surface area contributed by atoms with Gasteiger partial charge in [0.1, 0.15) is 18.1 Å². The van der Waals surface area contributed by atoms with Gasteiger partial charge in [-0.2, -0.15) is 0 Å². The van der Waals surface area contributed by atoms with Crippen LogP contribution in [0.2, 0.25) is 0 Å². The SMILES string of the molecule is NC(N)=NCCCC(NC(=O)C(Cc1ccccc1)NC(=O)C(CCC(=O)O)NC(=O)C1CCCN1)C(=O)O. The molecular formula is C25H37N7O7. The van der Waals surface area contributed by atoms with Crippen molar-refractivity contribution in [2.24, 2.45) is 16.5 Å². The fraction of sp³-hybridized carbons (Fsp3) is 0.520. The smallest absolute Gasteiger partial charge is 0.326 e. The molecule has 1 aromatic rings. The maximum Gasteiger partial charge on any atom is 0.326 e. The Morgan fingerprint density at radius 1 is 0.949 bits per heavy atom. The van der Waals surface area contributed by atoms with Gasteiger partial charge in [-0.05, 0) is 44.2 Å². The molecule has 0 spiro atoms. The van der Waals surface area contributed by atoms with Crippen LogP contribution in [-0.2, 0) is 30.4 Å². The number of guanidine groups is 1. The van der Waals surface area contributed by atoms with E-state index in [1.54, 1.807) is 30.3 Å². The molecule has 0 radical (unpaired) electrons. The van der Waals surface area contributed by atoms with Crippen molar-refractivity contribution in [3.63, 3.8) is 0 Å². The van der Waals surface area contributed by atoms with Crippen molar-refractivity contribution in [2.45, 2.75) is 69.1 Å². The van der Waals surface area contributed by atoms with Gasteiger partial charge in [-0.15, -0.1) is 0 Å². The molecule has 1 saturated heterocycles. The number of rotatable bonds is 16. The number of hydrogen-bond acceptors (Lipinski definition) is 7. The highest BCUT2D eigenvalue weighted by molar-refractivity contribution is 5.94. The number of carboxylic acid groups (broad SMARTS) is 2. The van der Waals surface area contributed by atoms with E-state index < -0.39 is 53.8 Å².